The van der Waals surface area contributed by atoms with Gasteiger partial charge in [-0.1, -0.05) is 13.8 Å². The van der Waals surface area contributed by atoms with Gasteiger partial charge in [-0.2, -0.15) is 5.10 Å². The zero-order valence-electron chi connectivity index (χ0n) is 10.5. The number of carboxylic acids is 1. The van der Waals surface area contributed by atoms with Crippen LogP contribution >= 0.6 is 0 Å². The number of carbonyl (C=O) groups excluding carboxylic acids is 1. The Labute approximate surface area is 100 Å². The molecule has 0 bridgehead atoms. The molecule has 0 fully saturated rings. The first-order chi connectivity index (χ1) is 7.84. The van der Waals surface area contributed by atoms with Crippen LogP contribution in [0.2, 0.25) is 0 Å². The molecule has 0 amide bonds. The highest BCUT2D eigenvalue weighted by Crippen LogP contribution is 2.18. The van der Waals surface area contributed by atoms with Crippen molar-refractivity contribution < 1.29 is 14.7 Å². The molecular weight excluding hydrogens is 220 g/mol. The lowest BCUT2D eigenvalue weighted by atomic mass is 9.89. The standard InChI is InChI=1S/C12H18N2O3/c1-7(2)14-6-10(5-13-14)11(15)8(3)9(4)12(16)17/h5-9H,1-4H3,(H,16,17). The molecule has 0 spiro atoms. The third-order valence-corrected chi connectivity index (χ3v) is 2.97. The summed E-state index contributed by atoms with van der Waals surface area (Å²) in [6.45, 7) is 7.10. The zero-order valence-corrected chi connectivity index (χ0v) is 10.5. The highest BCUT2D eigenvalue weighted by atomic mass is 16.4. The van der Waals surface area contributed by atoms with E-state index in [0.29, 0.717) is 5.56 Å². The first-order valence-corrected chi connectivity index (χ1v) is 5.65. The van der Waals surface area contributed by atoms with E-state index < -0.39 is 17.8 Å². The molecule has 0 saturated carbocycles. The van der Waals surface area contributed by atoms with Crippen molar-refractivity contribution in [2.24, 2.45) is 11.8 Å². The van der Waals surface area contributed by atoms with Gasteiger partial charge in [-0.3, -0.25) is 14.3 Å². The monoisotopic (exact) mass is 238 g/mol. The molecule has 1 heterocycles. The van der Waals surface area contributed by atoms with E-state index in [1.165, 1.54) is 13.1 Å². The van der Waals surface area contributed by atoms with Crippen LogP contribution in [0.5, 0.6) is 0 Å². The summed E-state index contributed by atoms with van der Waals surface area (Å²) in [4.78, 5) is 22.8. The molecule has 0 radical (unpaired) electrons. The Kier molecular flexibility index (Phi) is 4.04. The molecule has 1 aromatic rings. The number of ketones is 1. The van der Waals surface area contributed by atoms with E-state index in [-0.39, 0.29) is 11.8 Å². The summed E-state index contributed by atoms with van der Waals surface area (Å²) < 4.78 is 1.69. The van der Waals surface area contributed by atoms with E-state index >= 15 is 0 Å². The van der Waals surface area contributed by atoms with Gasteiger partial charge in [0.2, 0.25) is 0 Å². The van der Waals surface area contributed by atoms with Crippen LogP contribution < -0.4 is 0 Å². The fourth-order valence-corrected chi connectivity index (χ4v) is 1.45. The quantitative estimate of drug-likeness (QED) is 0.796. The van der Waals surface area contributed by atoms with Crippen LogP contribution in [0, 0.1) is 11.8 Å². The van der Waals surface area contributed by atoms with Crippen LogP contribution in [0.15, 0.2) is 12.4 Å². The van der Waals surface area contributed by atoms with Crippen molar-refractivity contribution in [2.45, 2.75) is 33.7 Å². The maximum atomic E-state index is 12.0. The highest BCUT2D eigenvalue weighted by Gasteiger charge is 2.27. The van der Waals surface area contributed by atoms with Gasteiger partial charge in [0, 0.05) is 18.2 Å². The van der Waals surface area contributed by atoms with Crippen molar-refractivity contribution in [3.8, 4) is 0 Å². The Bertz CT molecular complexity index is 423. The van der Waals surface area contributed by atoms with Crippen molar-refractivity contribution in [3.63, 3.8) is 0 Å². The van der Waals surface area contributed by atoms with Crippen LogP contribution in [-0.4, -0.2) is 26.6 Å². The Balaban J connectivity index is 2.85. The SMILES string of the molecule is CC(C(=O)O)C(C)C(=O)c1cnn(C(C)C)c1. The summed E-state index contributed by atoms with van der Waals surface area (Å²) in [7, 11) is 0. The number of carboxylic acid groups (broad SMARTS) is 1. The maximum absolute atomic E-state index is 12.0. The number of aliphatic carboxylic acids is 1. The summed E-state index contributed by atoms with van der Waals surface area (Å²) in [5.74, 6) is -2.36. The molecule has 0 aliphatic rings. The molecule has 1 N–H and O–H groups in total. The summed E-state index contributed by atoms with van der Waals surface area (Å²) in [6.07, 6.45) is 3.16. The number of rotatable bonds is 5. The van der Waals surface area contributed by atoms with E-state index in [0.717, 1.165) is 0 Å². The van der Waals surface area contributed by atoms with Crippen molar-refractivity contribution in [2.75, 3.05) is 0 Å². The van der Waals surface area contributed by atoms with E-state index in [1.807, 2.05) is 13.8 Å². The normalized spacial score (nSPS) is 14.6. The van der Waals surface area contributed by atoms with Crippen LogP contribution in [0.3, 0.4) is 0 Å². The topological polar surface area (TPSA) is 72.2 Å². The smallest absolute Gasteiger partial charge is 0.306 e. The van der Waals surface area contributed by atoms with Gasteiger partial charge in [-0.05, 0) is 13.8 Å². The number of hydrogen-bond donors (Lipinski definition) is 1. The van der Waals surface area contributed by atoms with Crippen LogP contribution in [0.25, 0.3) is 0 Å². The average Bonchev–Trinajstić information content (AvgIpc) is 2.75. The van der Waals surface area contributed by atoms with Crippen LogP contribution in [0.4, 0.5) is 0 Å². The van der Waals surface area contributed by atoms with Gasteiger partial charge in [0.25, 0.3) is 0 Å². The maximum Gasteiger partial charge on any atom is 0.306 e. The molecule has 0 aromatic carbocycles. The third-order valence-electron chi connectivity index (χ3n) is 2.97. The third kappa shape index (κ3) is 2.93. The molecule has 1 rings (SSSR count). The van der Waals surface area contributed by atoms with Crippen molar-refractivity contribution >= 4 is 11.8 Å². The van der Waals surface area contributed by atoms with Gasteiger partial charge >= 0.3 is 5.97 Å². The predicted octanol–water partition coefficient (Wildman–Crippen LogP) is 2.00. The number of hydrogen-bond acceptors (Lipinski definition) is 3. The first-order valence-electron chi connectivity index (χ1n) is 5.65. The van der Waals surface area contributed by atoms with Crippen molar-refractivity contribution in [1.82, 2.24) is 9.78 Å². The molecule has 0 saturated heterocycles. The van der Waals surface area contributed by atoms with E-state index in [1.54, 1.807) is 17.8 Å². The minimum absolute atomic E-state index is 0.174. The van der Waals surface area contributed by atoms with Gasteiger partial charge in [-0.15, -0.1) is 0 Å². The second kappa shape index (κ2) is 5.12. The molecule has 17 heavy (non-hydrogen) atoms. The molecule has 1 aromatic heterocycles. The molecule has 5 heteroatoms. The molecule has 5 nitrogen and oxygen atoms in total. The lowest BCUT2D eigenvalue weighted by Gasteiger charge is -2.13. The largest absolute Gasteiger partial charge is 0.481 e. The molecule has 0 aliphatic heterocycles. The summed E-state index contributed by atoms with van der Waals surface area (Å²) in [5.41, 5.74) is 0.472. The molecular formula is C12H18N2O3. The zero-order chi connectivity index (χ0) is 13.2. The highest BCUT2D eigenvalue weighted by molar-refractivity contribution is 5.99. The Hall–Kier alpha value is -1.65. The summed E-state index contributed by atoms with van der Waals surface area (Å²) in [5, 5.41) is 12.9. The van der Waals surface area contributed by atoms with E-state index in [4.69, 9.17) is 5.11 Å². The number of carbonyl (C=O) groups is 2. The van der Waals surface area contributed by atoms with E-state index in [9.17, 15) is 9.59 Å². The Morgan fingerprint density at radius 1 is 1.24 bits per heavy atom. The molecule has 2 atom stereocenters. The minimum atomic E-state index is -0.956. The Morgan fingerprint density at radius 2 is 1.82 bits per heavy atom. The second-order valence-corrected chi connectivity index (χ2v) is 4.58. The number of Topliss-reactive ketones (excluding diaryl/α,β-unsaturated/α-hetero) is 1. The molecule has 0 aliphatic carbocycles. The lowest BCUT2D eigenvalue weighted by Crippen LogP contribution is -2.25. The van der Waals surface area contributed by atoms with Crippen LogP contribution in [-0.2, 0) is 4.79 Å². The second-order valence-electron chi connectivity index (χ2n) is 4.58. The minimum Gasteiger partial charge on any atom is -0.481 e. The fourth-order valence-electron chi connectivity index (χ4n) is 1.45. The first kappa shape index (κ1) is 13.4. The number of nitrogens with zero attached hydrogens (tertiary/aromatic N) is 2. The van der Waals surface area contributed by atoms with Gasteiger partial charge in [0.15, 0.2) is 5.78 Å². The average molecular weight is 238 g/mol. The summed E-state index contributed by atoms with van der Waals surface area (Å²) >= 11 is 0. The van der Waals surface area contributed by atoms with Gasteiger partial charge < -0.3 is 5.11 Å². The molecule has 2 unspecified atom stereocenters. The van der Waals surface area contributed by atoms with Crippen molar-refractivity contribution in [3.05, 3.63) is 18.0 Å². The van der Waals surface area contributed by atoms with Crippen LogP contribution in [0.1, 0.15) is 44.1 Å². The fraction of sp³-hybridized carbons (Fsp3) is 0.583. The predicted molar refractivity (Wildman–Crippen MR) is 62.9 cm³/mol. The lowest BCUT2D eigenvalue weighted by molar-refractivity contribution is -0.142. The van der Waals surface area contributed by atoms with Gasteiger partial charge in [0.05, 0.1) is 17.7 Å². The number of aromatic nitrogens is 2. The molecule has 94 valence electrons. The van der Waals surface area contributed by atoms with E-state index in [2.05, 4.69) is 5.10 Å². The van der Waals surface area contributed by atoms with Gasteiger partial charge in [-0.25, -0.2) is 0 Å². The Morgan fingerprint density at radius 3 is 2.24 bits per heavy atom. The van der Waals surface area contributed by atoms with Crippen molar-refractivity contribution in [1.29, 1.82) is 0 Å². The van der Waals surface area contributed by atoms with Gasteiger partial charge in [0.1, 0.15) is 0 Å². The summed E-state index contributed by atoms with van der Waals surface area (Å²) in [6, 6.07) is 0.184.